The van der Waals surface area contributed by atoms with E-state index < -0.39 is 16.0 Å². The molecule has 0 spiro atoms. The number of sulfonamides is 1. The van der Waals surface area contributed by atoms with Crippen LogP contribution < -0.4 is 4.72 Å². The van der Waals surface area contributed by atoms with E-state index in [0.29, 0.717) is 32.1 Å². The van der Waals surface area contributed by atoms with Crippen LogP contribution >= 0.6 is 0 Å². The number of hydrogen-bond acceptors (Lipinski definition) is 4. The fraction of sp³-hybridized carbons (Fsp3) is 0.515. The number of carbonyl (C=O) groups excluding carboxylic acids is 1. The minimum absolute atomic E-state index is 0.0296. The zero-order chi connectivity index (χ0) is 30.2. The summed E-state index contributed by atoms with van der Waals surface area (Å²) in [5.41, 5.74) is 3.77. The van der Waals surface area contributed by atoms with Crippen LogP contribution in [0.4, 0.5) is 0 Å². The van der Waals surface area contributed by atoms with Gasteiger partial charge in [-0.2, -0.15) is 0 Å². The first-order valence-corrected chi connectivity index (χ1v) is 16.6. The van der Waals surface area contributed by atoms with Crippen molar-refractivity contribution in [1.82, 2.24) is 14.2 Å². The molecule has 9 heteroatoms. The molecule has 2 aliphatic rings. The Bertz CT molecular complexity index is 1560. The topological polar surface area (TPSA) is 109 Å². The highest BCUT2D eigenvalue weighted by Gasteiger charge is 2.40. The van der Waals surface area contributed by atoms with Gasteiger partial charge in [0, 0.05) is 54.6 Å². The second kappa shape index (κ2) is 11.8. The van der Waals surface area contributed by atoms with Crippen LogP contribution in [-0.2, 0) is 33.1 Å². The van der Waals surface area contributed by atoms with Gasteiger partial charge in [-0.05, 0) is 79.7 Å². The normalized spacial score (nSPS) is 21.6. The van der Waals surface area contributed by atoms with E-state index in [1.165, 1.54) is 0 Å². The molecule has 0 radical (unpaired) electrons. The predicted molar refractivity (Wildman–Crippen MR) is 165 cm³/mol. The molecule has 1 saturated carbocycles. The van der Waals surface area contributed by atoms with Gasteiger partial charge >= 0.3 is 5.97 Å². The van der Waals surface area contributed by atoms with Gasteiger partial charge in [-0.1, -0.05) is 51.1 Å². The van der Waals surface area contributed by atoms with Crippen molar-refractivity contribution >= 4 is 32.8 Å². The van der Waals surface area contributed by atoms with Crippen LogP contribution in [0, 0.1) is 11.3 Å². The number of likely N-dealkylation sites (tertiary alicyclic amines) is 1. The summed E-state index contributed by atoms with van der Waals surface area (Å²) >= 11 is 0. The number of carboxylic acid groups (broad SMARTS) is 1. The number of nitrogens with zero attached hydrogens (tertiary/aromatic N) is 2. The average molecular weight is 594 g/mol. The minimum atomic E-state index is -3.73. The number of aryl methyl sites for hydroxylation is 2. The molecule has 1 aliphatic carbocycles. The molecule has 1 aliphatic heterocycles. The summed E-state index contributed by atoms with van der Waals surface area (Å²) in [6.07, 6.45) is 5.39. The number of nitrogens with one attached hydrogen (secondary N) is 1. The lowest BCUT2D eigenvalue weighted by Gasteiger charge is -2.38. The van der Waals surface area contributed by atoms with Gasteiger partial charge in [0.25, 0.3) is 0 Å². The van der Waals surface area contributed by atoms with E-state index in [1.54, 1.807) is 12.1 Å². The molecule has 5 rings (SSSR count). The molecule has 2 N–H and O–H groups in total. The molecule has 0 bridgehead atoms. The van der Waals surface area contributed by atoms with E-state index in [9.17, 15) is 18.0 Å². The number of aromatic nitrogens is 1. The minimum Gasteiger partial charge on any atom is -0.481 e. The highest BCUT2D eigenvalue weighted by atomic mass is 32.2. The van der Waals surface area contributed by atoms with Crippen LogP contribution in [0.5, 0.6) is 0 Å². The molecule has 2 heterocycles. The zero-order valence-electron chi connectivity index (χ0n) is 25.1. The largest absolute Gasteiger partial charge is 0.481 e. The van der Waals surface area contributed by atoms with Crippen molar-refractivity contribution in [3.63, 3.8) is 0 Å². The highest BCUT2D eigenvalue weighted by molar-refractivity contribution is 7.89. The number of hydrogen-bond donors (Lipinski definition) is 2. The van der Waals surface area contributed by atoms with Crippen molar-refractivity contribution in [2.24, 2.45) is 18.4 Å². The van der Waals surface area contributed by atoms with Crippen molar-refractivity contribution < 1.29 is 23.1 Å². The molecule has 3 aromatic rings. The first kappa shape index (κ1) is 30.3. The molecule has 2 aromatic carbocycles. The van der Waals surface area contributed by atoms with Crippen molar-refractivity contribution in [3.05, 3.63) is 54.1 Å². The summed E-state index contributed by atoms with van der Waals surface area (Å²) in [5.74, 6) is -0.603. The molecule has 0 unspecified atom stereocenters. The second-order valence-corrected chi connectivity index (χ2v) is 14.8. The van der Waals surface area contributed by atoms with Crippen molar-refractivity contribution in [1.29, 1.82) is 0 Å². The summed E-state index contributed by atoms with van der Waals surface area (Å²) in [5, 5.41) is 9.87. The van der Waals surface area contributed by atoms with E-state index in [2.05, 4.69) is 30.4 Å². The summed E-state index contributed by atoms with van der Waals surface area (Å²) < 4.78 is 31.7. The SMILES string of the molecule is Cn1c(-c2ccc(CCC(=O)O)cc2)cc2ccc(S(=O)(=O)N[C@H]3CC[C@H](C(=O)N4CCC[C@H]4C(C)(C)C)CC3)cc21. The fourth-order valence-corrected chi connectivity index (χ4v) is 8.08. The Kier molecular flexibility index (Phi) is 8.54. The lowest BCUT2D eigenvalue weighted by molar-refractivity contribution is -0.139. The summed E-state index contributed by atoms with van der Waals surface area (Å²) in [4.78, 5) is 26.6. The first-order chi connectivity index (χ1) is 19.8. The number of amides is 1. The maximum atomic E-state index is 13.4. The van der Waals surface area contributed by atoms with Crippen molar-refractivity contribution in [2.45, 2.75) is 89.1 Å². The van der Waals surface area contributed by atoms with Crippen molar-refractivity contribution in [2.75, 3.05) is 6.54 Å². The Labute approximate surface area is 249 Å². The van der Waals surface area contributed by atoms with Gasteiger partial charge < -0.3 is 14.6 Å². The molecule has 226 valence electrons. The number of fused-ring (bicyclic) bond motifs is 1. The van der Waals surface area contributed by atoms with Gasteiger partial charge in [-0.25, -0.2) is 13.1 Å². The summed E-state index contributed by atoms with van der Waals surface area (Å²) in [7, 11) is -1.81. The van der Waals surface area contributed by atoms with Crippen LogP contribution in [0.1, 0.15) is 71.3 Å². The van der Waals surface area contributed by atoms with Crippen LogP contribution in [0.25, 0.3) is 22.2 Å². The maximum Gasteiger partial charge on any atom is 0.303 e. The molecule has 2 fully saturated rings. The van der Waals surface area contributed by atoms with Crippen LogP contribution in [0.15, 0.2) is 53.4 Å². The van der Waals surface area contributed by atoms with E-state index in [-0.39, 0.29) is 40.6 Å². The van der Waals surface area contributed by atoms with Gasteiger partial charge in [0.05, 0.1) is 4.90 Å². The van der Waals surface area contributed by atoms with Crippen LogP contribution in [0.2, 0.25) is 0 Å². The van der Waals surface area contributed by atoms with Crippen LogP contribution in [-0.4, -0.2) is 53.5 Å². The van der Waals surface area contributed by atoms with E-state index in [4.69, 9.17) is 5.11 Å². The monoisotopic (exact) mass is 593 g/mol. The van der Waals surface area contributed by atoms with E-state index in [1.807, 2.05) is 48.0 Å². The highest BCUT2D eigenvalue weighted by Crippen LogP contribution is 2.36. The lowest BCUT2D eigenvalue weighted by atomic mass is 9.82. The maximum absolute atomic E-state index is 13.4. The molecule has 42 heavy (non-hydrogen) atoms. The zero-order valence-corrected chi connectivity index (χ0v) is 25.9. The van der Waals surface area contributed by atoms with Gasteiger partial charge in [0.2, 0.25) is 15.9 Å². The smallest absolute Gasteiger partial charge is 0.303 e. The first-order valence-electron chi connectivity index (χ1n) is 15.1. The van der Waals surface area contributed by atoms with Gasteiger partial charge in [0.15, 0.2) is 0 Å². The second-order valence-electron chi connectivity index (χ2n) is 13.1. The van der Waals surface area contributed by atoms with Crippen molar-refractivity contribution in [3.8, 4) is 11.3 Å². The van der Waals surface area contributed by atoms with E-state index in [0.717, 1.165) is 47.1 Å². The number of aliphatic carboxylic acids is 1. The summed E-state index contributed by atoms with van der Waals surface area (Å²) in [6.45, 7) is 7.43. The van der Waals surface area contributed by atoms with Gasteiger partial charge in [-0.15, -0.1) is 0 Å². The standard InChI is InChI=1S/C33H43N3O5S/c1-33(2,3)30-6-5-19-36(30)32(39)24-12-15-26(16-13-24)34-42(40,41)27-17-14-25-20-28(35(4)29(25)21-27)23-10-7-22(8-11-23)9-18-31(37)38/h7-8,10-11,14,17,20-21,24,26,30,34H,5-6,9,12-13,15-16,18-19H2,1-4H3,(H,37,38)/t24-,26-,30-/m0/s1. The third kappa shape index (κ3) is 6.42. The number of benzene rings is 2. The third-order valence-corrected chi connectivity index (χ3v) is 10.7. The average Bonchev–Trinajstić information content (AvgIpc) is 3.57. The number of rotatable bonds is 8. The Morgan fingerprint density at radius 2 is 1.67 bits per heavy atom. The van der Waals surface area contributed by atoms with E-state index >= 15 is 0 Å². The Morgan fingerprint density at radius 1 is 0.976 bits per heavy atom. The fourth-order valence-electron chi connectivity index (χ4n) is 6.76. The third-order valence-electron chi connectivity index (χ3n) is 9.14. The Morgan fingerprint density at radius 3 is 2.31 bits per heavy atom. The number of carbonyl (C=O) groups is 2. The molecule has 1 aromatic heterocycles. The lowest BCUT2D eigenvalue weighted by Crippen LogP contribution is -2.47. The molecule has 1 amide bonds. The molecular weight excluding hydrogens is 550 g/mol. The molecule has 8 nitrogen and oxygen atoms in total. The van der Waals surface area contributed by atoms with Gasteiger partial charge in [0.1, 0.15) is 0 Å². The molecule has 1 atom stereocenters. The predicted octanol–water partition coefficient (Wildman–Crippen LogP) is 5.74. The molecular formula is C33H43N3O5S. The van der Waals surface area contributed by atoms with Crippen LogP contribution in [0.3, 0.4) is 0 Å². The summed E-state index contributed by atoms with van der Waals surface area (Å²) in [6, 6.07) is 15.2. The van der Waals surface area contributed by atoms with Gasteiger partial charge in [-0.3, -0.25) is 9.59 Å². The number of carboxylic acids is 1. The quantitative estimate of drug-likeness (QED) is 0.346. The Hall–Kier alpha value is -3.17. The Balaban J connectivity index is 1.24. The molecule has 1 saturated heterocycles.